The van der Waals surface area contributed by atoms with Crippen molar-refractivity contribution >= 4 is 5.97 Å². The van der Waals surface area contributed by atoms with E-state index in [1.165, 1.54) is 19.3 Å². The molecule has 0 spiro atoms. The number of nitrogens with zero attached hydrogens (tertiary/aromatic N) is 1. The normalized spacial score (nSPS) is 15.1. The van der Waals surface area contributed by atoms with E-state index < -0.39 is 0 Å². The Morgan fingerprint density at radius 3 is 2.61 bits per heavy atom. The number of unbranched alkanes of at least 4 members (excludes halogenated alkanes) is 2. The van der Waals surface area contributed by atoms with E-state index in [9.17, 15) is 4.79 Å². The van der Waals surface area contributed by atoms with Crippen LogP contribution in [0.3, 0.4) is 0 Å². The van der Waals surface area contributed by atoms with Crippen molar-refractivity contribution in [1.82, 2.24) is 4.90 Å². The van der Waals surface area contributed by atoms with Crippen molar-refractivity contribution in [3.63, 3.8) is 0 Å². The Bertz CT molecular complexity index is 229. The van der Waals surface area contributed by atoms with Crippen LogP contribution in [0.25, 0.3) is 0 Å². The molecule has 1 aliphatic carbocycles. The maximum Gasteiger partial charge on any atom is 0.305 e. The number of carbonyl (C=O) groups is 1. The van der Waals surface area contributed by atoms with Crippen LogP contribution in [0.4, 0.5) is 0 Å². The molecule has 0 aliphatic heterocycles. The second-order valence-electron chi connectivity index (χ2n) is 4.88. The zero-order chi connectivity index (χ0) is 13.2. The SMILES string of the molecule is CCOC(=O)CCCCCN(CCOC)C1CC1. The van der Waals surface area contributed by atoms with Crippen LogP contribution in [0.15, 0.2) is 0 Å². The largest absolute Gasteiger partial charge is 0.466 e. The number of esters is 1. The molecule has 0 radical (unpaired) electrons. The van der Waals surface area contributed by atoms with Crippen LogP contribution in [0.1, 0.15) is 45.4 Å². The van der Waals surface area contributed by atoms with Gasteiger partial charge in [-0.05, 0) is 39.2 Å². The molecular weight excluding hydrogens is 230 g/mol. The van der Waals surface area contributed by atoms with E-state index in [1.807, 2.05) is 6.92 Å². The zero-order valence-corrected chi connectivity index (χ0v) is 11.8. The lowest BCUT2D eigenvalue weighted by molar-refractivity contribution is -0.143. The molecular formula is C14H27NO3. The molecule has 0 heterocycles. The second kappa shape index (κ2) is 9.34. The van der Waals surface area contributed by atoms with Crippen LogP contribution in [0.5, 0.6) is 0 Å². The van der Waals surface area contributed by atoms with Gasteiger partial charge in [-0.3, -0.25) is 9.69 Å². The third-order valence-electron chi connectivity index (χ3n) is 3.28. The Kier molecular flexibility index (Phi) is 8.01. The summed E-state index contributed by atoms with van der Waals surface area (Å²) in [7, 11) is 1.75. The summed E-state index contributed by atoms with van der Waals surface area (Å²) in [5.74, 6) is -0.0593. The fourth-order valence-electron chi connectivity index (χ4n) is 2.12. The van der Waals surface area contributed by atoms with E-state index >= 15 is 0 Å². The Morgan fingerprint density at radius 2 is 2.00 bits per heavy atom. The lowest BCUT2D eigenvalue weighted by Gasteiger charge is -2.21. The maximum absolute atomic E-state index is 11.2. The van der Waals surface area contributed by atoms with Gasteiger partial charge < -0.3 is 9.47 Å². The molecule has 4 heteroatoms. The van der Waals surface area contributed by atoms with E-state index in [0.717, 1.165) is 38.6 Å². The summed E-state index contributed by atoms with van der Waals surface area (Å²) in [6.07, 6.45) is 6.46. The molecule has 106 valence electrons. The van der Waals surface area contributed by atoms with Gasteiger partial charge in [-0.25, -0.2) is 0 Å². The number of carbonyl (C=O) groups excluding carboxylic acids is 1. The van der Waals surface area contributed by atoms with Crippen molar-refractivity contribution in [3.05, 3.63) is 0 Å². The zero-order valence-electron chi connectivity index (χ0n) is 11.8. The van der Waals surface area contributed by atoms with Gasteiger partial charge in [0.15, 0.2) is 0 Å². The predicted molar refractivity (Wildman–Crippen MR) is 71.6 cm³/mol. The van der Waals surface area contributed by atoms with Gasteiger partial charge >= 0.3 is 5.97 Å². The minimum absolute atomic E-state index is 0.0593. The highest BCUT2D eigenvalue weighted by Crippen LogP contribution is 2.26. The summed E-state index contributed by atoms with van der Waals surface area (Å²) in [4.78, 5) is 13.7. The highest BCUT2D eigenvalue weighted by molar-refractivity contribution is 5.69. The summed E-state index contributed by atoms with van der Waals surface area (Å²) in [5.41, 5.74) is 0. The van der Waals surface area contributed by atoms with Crippen LogP contribution in [-0.4, -0.2) is 50.3 Å². The number of hydrogen-bond acceptors (Lipinski definition) is 4. The Balaban J connectivity index is 1.99. The summed E-state index contributed by atoms with van der Waals surface area (Å²) in [5, 5.41) is 0. The van der Waals surface area contributed by atoms with Crippen molar-refractivity contribution in [3.8, 4) is 0 Å². The quantitative estimate of drug-likeness (QED) is 0.420. The van der Waals surface area contributed by atoms with E-state index in [0.29, 0.717) is 13.0 Å². The van der Waals surface area contributed by atoms with Crippen LogP contribution < -0.4 is 0 Å². The fraction of sp³-hybridized carbons (Fsp3) is 0.929. The van der Waals surface area contributed by atoms with Gasteiger partial charge in [0.25, 0.3) is 0 Å². The van der Waals surface area contributed by atoms with Crippen LogP contribution in [0, 0.1) is 0 Å². The van der Waals surface area contributed by atoms with E-state index in [1.54, 1.807) is 7.11 Å². The maximum atomic E-state index is 11.2. The molecule has 0 atom stereocenters. The molecule has 0 aromatic heterocycles. The Labute approximate surface area is 111 Å². The lowest BCUT2D eigenvalue weighted by atomic mass is 10.2. The first-order valence-corrected chi connectivity index (χ1v) is 7.16. The van der Waals surface area contributed by atoms with Gasteiger partial charge in [0.2, 0.25) is 0 Å². The number of rotatable bonds is 11. The molecule has 0 amide bonds. The van der Waals surface area contributed by atoms with Crippen molar-refractivity contribution in [2.24, 2.45) is 0 Å². The van der Waals surface area contributed by atoms with Gasteiger partial charge in [0, 0.05) is 26.1 Å². The topological polar surface area (TPSA) is 38.8 Å². The third-order valence-corrected chi connectivity index (χ3v) is 3.28. The molecule has 18 heavy (non-hydrogen) atoms. The average Bonchev–Trinajstić information content (AvgIpc) is 3.17. The smallest absolute Gasteiger partial charge is 0.305 e. The first-order valence-electron chi connectivity index (χ1n) is 7.16. The summed E-state index contributed by atoms with van der Waals surface area (Å²) < 4.78 is 10.0. The van der Waals surface area contributed by atoms with E-state index in [-0.39, 0.29) is 5.97 Å². The minimum atomic E-state index is -0.0593. The molecule has 4 nitrogen and oxygen atoms in total. The van der Waals surface area contributed by atoms with Crippen molar-refractivity contribution < 1.29 is 14.3 Å². The highest BCUT2D eigenvalue weighted by atomic mass is 16.5. The average molecular weight is 257 g/mol. The third kappa shape index (κ3) is 6.97. The lowest BCUT2D eigenvalue weighted by Crippen LogP contribution is -2.30. The molecule has 0 bridgehead atoms. The highest BCUT2D eigenvalue weighted by Gasteiger charge is 2.27. The molecule has 0 N–H and O–H groups in total. The molecule has 1 aliphatic rings. The number of hydrogen-bond donors (Lipinski definition) is 0. The fourth-order valence-corrected chi connectivity index (χ4v) is 2.12. The van der Waals surface area contributed by atoms with Gasteiger partial charge in [-0.15, -0.1) is 0 Å². The van der Waals surface area contributed by atoms with E-state index in [4.69, 9.17) is 9.47 Å². The molecule has 0 aromatic carbocycles. The van der Waals surface area contributed by atoms with Gasteiger partial charge in [0.1, 0.15) is 0 Å². The molecule has 1 saturated carbocycles. The van der Waals surface area contributed by atoms with Gasteiger partial charge in [-0.1, -0.05) is 6.42 Å². The first kappa shape index (κ1) is 15.4. The summed E-state index contributed by atoms with van der Waals surface area (Å²) in [6, 6.07) is 0.796. The van der Waals surface area contributed by atoms with Crippen molar-refractivity contribution in [1.29, 1.82) is 0 Å². The molecule has 0 unspecified atom stereocenters. The van der Waals surface area contributed by atoms with Crippen molar-refractivity contribution in [2.75, 3.05) is 33.4 Å². The molecule has 0 saturated heterocycles. The standard InChI is InChI=1S/C14H27NO3/c1-3-18-14(16)7-5-4-6-10-15(11-12-17-2)13-8-9-13/h13H,3-12H2,1-2H3. The number of ether oxygens (including phenoxy) is 2. The number of methoxy groups -OCH3 is 1. The second-order valence-corrected chi connectivity index (χ2v) is 4.88. The summed E-state index contributed by atoms with van der Waals surface area (Å²) >= 11 is 0. The predicted octanol–water partition coefficient (Wildman–Crippen LogP) is 2.22. The molecule has 1 fully saturated rings. The van der Waals surface area contributed by atoms with Crippen LogP contribution >= 0.6 is 0 Å². The summed E-state index contributed by atoms with van der Waals surface area (Å²) in [6.45, 7) is 5.34. The molecule has 1 rings (SSSR count). The van der Waals surface area contributed by atoms with Crippen molar-refractivity contribution in [2.45, 2.75) is 51.5 Å². The monoisotopic (exact) mass is 257 g/mol. The van der Waals surface area contributed by atoms with Gasteiger partial charge in [0.05, 0.1) is 13.2 Å². The van der Waals surface area contributed by atoms with Gasteiger partial charge in [-0.2, -0.15) is 0 Å². The Hall–Kier alpha value is -0.610. The van der Waals surface area contributed by atoms with Crippen LogP contribution in [-0.2, 0) is 14.3 Å². The minimum Gasteiger partial charge on any atom is -0.466 e. The van der Waals surface area contributed by atoms with E-state index in [2.05, 4.69) is 4.90 Å². The van der Waals surface area contributed by atoms with Crippen LogP contribution in [0.2, 0.25) is 0 Å². The Morgan fingerprint density at radius 1 is 1.22 bits per heavy atom. The first-order chi connectivity index (χ1) is 8.77. The molecule has 0 aromatic rings.